The third kappa shape index (κ3) is 1.98. The van der Waals surface area contributed by atoms with Gasteiger partial charge in [0.1, 0.15) is 5.75 Å². The Morgan fingerprint density at radius 1 is 1.18 bits per heavy atom. The molecule has 17 heavy (non-hydrogen) atoms. The van der Waals surface area contributed by atoms with E-state index in [9.17, 15) is 5.11 Å². The normalized spacial score (nSPS) is 16.8. The molecule has 2 nitrogen and oxygen atoms in total. The van der Waals surface area contributed by atoms with Crippen LogP contribution in [-0.2, 0) is 0 Å². The van der Waals surface area contributed by atoms with Crippen molar-refractivity contribution in [3.8, 4) is 5.75 Å². The van der Waals surface area contributed by atoms with Crippen molar-refractivity contribution in [3.63, 3.8) is 0 Å². The van der Waals surface area contributed by atoms with Gasteiger partial charge in [0.05, 0.1) is 11.2 Å². The van der Waals surface area contributed by atoms with E-state index < -0.39 is 0 Å². The largest absolute Gasteiger partial charge is 0.506 e. The minimum Gasteiger partial charge on any atom is -0.506 e. The van der Waals surface area contributed by atoms with Crippen molar-refractivity contribution in [1.29, 1.82) is 0 Å². The molecule has 0 amide bonds. The number of halogens is 1. The number of hydrogen-bond donors (Lipinski definition) is 1. The van der Waals surface area contributed by atoms with E-state index in [-0.39, 0.29) is 0 Å². The van der Waals surface area contributed by atoms with Crippen molar-refractivity contribution in [2.24, 2.45) is 0 Å². The summed E-state index contributed by atoms with van der Waals surface area (Å²) in [6.45, 7) is 0. The van der Waals surface area contributed by atoms with Gasteiger partial charge in [-0.25, -0.2) is 4.98 Å². The molecule has 1 aromatic heterocycles. The van der Waals surface area contributed by atoms with Gasteiger partial charge >= 0.3 is 0 Å². The van der Waals surface area contributed by atoms with Crippen molar-refractivity contribution in [3.05, 3.63) is 35.0 Å². The van der Waals surface area contributed by atoms with Crippen LogP contribution in [0.15, 0.2) is 24.3 Å². The van der Waals surface area contributed by atoms with E-state index >= 15 is 0 Å². The highest BCUT2D eigenvalue weighted by Crippen LogP contribution is 2.38. The third-order valence-electron chi connectivity index (χ3n) is 3.53. The summed E-state index contributed by atoms with van der Waals surface area (Å²) >= 11 is 5.97. The summed E-state index contributed by atoms with van der Waals surface area (Å²) in [5, 5.41) is 11.7. The molecule has 1 heterocycles. The van der Waals surface area contributed by atoms with Gasteiger partial charge in [0.15, 0.2) is 0 Å². The van der Waals surface area contributed by atoms with Crippen LogP contribution in [0.2, 0.25) is 5.02 Å². The number of aromatic hydroxyl groups is 1. The van der Waals surface area contributed by atoms with E-state index in [4.69, 9.17) is 11.6 Å². The maximum atomic E-state index is 10.0. The van der Waals surface area contributed by atoms with E-state index in [1.165, 1.54) is 12.8 Å². The van der Waals surface area contributed by atoms with Gasteiger partial charge in [-0.2, -0.15) is 0 Å². The van der Waals surface area contributed by atoms with Crippen molar-refractivity contribution in [2.45, 2.75) is 31.6 Å². The lowest BCUT2D eigenvalue weighted by Gasteiger charge is -2.11. The average Bonchev–Trinajstić information content (AvgIpc) is 2.82. The number of benzene rings is 1. The molecule has 1 aliphatic rings. The molecule has 1 aromatic carbocycles. The molecule has 0 aliphatic heterocycles. The number of hydrogen-bond acceptors (Lipinski definition) is 2. The summed E-state index contributed by atoms with van der Waals surface area (Å²) in [5.74, 6) is 0.741. The second-order valence-electron chi connectivity index (χ2n) is 4.71. The summed E-state index contributed by atoms with van der Waals surface area (Å²) < 4.78 is 0. The summed E-state index contributed by atoms with van der Waals surface area (Å²) in [6, 6.07) is 7.37. The smallest absolute Gasteiger partial charge is 0.138 e. The summed E-state index contributed by atoms with van der Waals surface area (Å²) in [5.41, 5.74) is 1.72. The first-order valence-corrected chi connectivity index (χ1v) is 6.41. The van der Waals surface area contributed by atoms with Gasteiger partial charge in [-0.05, 0) is 31.0 Å². The van der Waals surface area contributed by atoms with Crippen molar-refractivity contribution in [1.82, 2.24) is 4.98 Å². The Morgan fingerprint density at radius 2 is 1.94 bits per heavy atom. The molecule has 3 heteroatoms. The molecule has 0 saturated heterocycles. The monoisotopic (exact) mass is 247 g/mol. The van der Waals surface area contributed by atoms with E-state index in [1.54, 1.807) is 6.07 Å². The molecule has 1 fully saturated rings. The van der Waals surface area contributed by atoms with Crippen LogP contribution in [0, 0.1) is 0 Å². The number of rotatable bonds is 1. The average molecular weight is 248 g/mol. The molecule has 88 valence electrons. The van der Waals surface area contributed by atoms with Crippen LogP contribution in [-0.4, -0.2) is 10.1 Å². The fraction of sp³-hybridized carbons (Fsp3) is 0.357. The maximum Gasteiger partial charge on any atom is 0.138 e. The molecule has 0 spiro atoms. The molecule has 3 rings (SSSR count). The highest BCUT2D eigenvalue weighted by molar-refractivity contribution is 6.31. The van der Waals surface area contributed by atoms with Gasteiger partial charge in [-0.1, -0.05) is 30.5 Å². The lowest BCUT2D eigenvalue weighted by molar-refractivity contribution is 0.457. The number of nitrogens with zero attached hydrogens (tertiary/aromatic N) is 1. The first kappa shape index (κ1) is 10.8. The fourth-order valence-electron chi connectivity index (χ4n) is 2.64. The number of fused-ring (bicyclic) bond motifs is 1. The zero-order chi connectivity index (χ0) is 11.8. The molecular weight excluding hydrogens is 234 g/mol. The van der Waals surface area contributed by atoms with Gasteiger partial charge in [0.25, 0.3) is 0 Å². The molecule has 0 radical (unpaired) electrons. The molecule has 1 saturated carbocycles. The van der Waals surface area contributed by atoms with Crippen molar-refractivity contribution >= 4 is 22.5 Å². The molecule has 2 aromatic rings. The predicted octanol–water partition coefficient (Wildman–Crippen LogP) is 4.25. The number of pyridine rings is 1. The molecule has 0 bridgehead atoms. The molecule has 0 unspecified atom stereocenters. The van der Waals surface area contributed by atoms with Gasteiger partial charge in [-0.3, -0.25) is 0 Å². The first-order valence-electron chi connectivity index (χ1n) is 6.03. The Bertz CT molecular complexity index is 561. The van der Waals surface area contributed by atoms with E-state index in [2.05, 4.69) is 4.98 Å². The lowest BCUT2D eigenvalue weighted by atomic mass is 10.0. The summed E-state index contributed by atoms with van der Waals surface area (Å²) in [4.78, 5) is 4.58. The highest BCUT2D eigenvalue weighted by atomic mass is 35.5. The van der Waals surface area contributed by atoms with Crippen LogP contribution in [0.1, 0.15) is 37.3 Å². The predicted molar refractivity (Wildman–Crippen MR) is 69.6 cm³/mol. The van der Waals surface area contributed by atoms with Gasteiger partial charge < -0.3 is 5.11 Å². The van der Waals surface area contributed by atoms with Gasteiger partial charge in [-0.15, -0.1) is 0 Å². The Labute approximate surface area is 105 Å². The molecule has 0 atom stereocenters. The third-order valence-corrected chi connectivity index (χ3v) is 3.77. The SMILES string of the molecule is Oc1cc2ccc(Cl)cc2nc1C1CCCC1. The zero-order valence-electron chi connectivity index (χ0n) is 9.49. The second-order valence-corrected chi connectivity index (χ2v) is 5.15. The molecular formula is C14H14ClNO. The minimum absolute atomic E-state index is 0.326. The zero-order valence-corrected chi connectivity index (χ0v) is 10.2. The highest BCUT2D eigenvalue weighted by Gasteiger charge is 2.21. The maximum absolute atomic E-state index is 10.0. The lowest BCUT2D eigenvalue weighted by Crippen LogP contribution is -1.97. The Hall–Kier alpha value is -1.28. The molecule has 1 N–H and O–H groups in total. The van der Waals surface area contributed by atoms with Crippen LogP contribution in [0.3, 0.4) is 0 Å². The van der Waals surface area contributed by atoms with Crippen LogP contribution in [0.5, 0.6) is 5.75 Å². The minimum atomic E-state index is 0.326. The Balaban J connectivity index is 2.14. The standard InChI is InChI=1S/C14H14ClNO/c15-11-6-5-10-7-13(17)14(16-12(10)8-11)9-3-1-2-4-9/h5-9,17H,1-4H2. The Morgan fingerprint density at radius 3 is 2.71 bits per heavy atom. The second kappa shape index (κ2) is 4.19. The number of aromatic nitrogens is 1. The fourth-order valence-corrected chi connectivity index (χ4v) is 2.81. The Kier molecular flexibility index (Phi) is 2.67. The van der Waals surface area contributed by atoms with Crippen LogP contribution in [0.25, 0.3) is 10.9 Å². The first-order chi connectivity index (χ1) is 8.24. The quantitative estimate of drug-likeness (QED) is 0.817. The van der Waals surface area contributed by atoms with Gasteiger partial charge in [0.2, 0.25) is 0 Å². The summed E-state index contributed by atoms with van der Waals surface area (Å²) in [6.07, 6.45) is 4.73. The van der Waals surface area contributed by atoms with Crippen LogP contribution >= 0.6 is 11.6 Å². The van der Waals surface area contributed by atoms with Crippen molar-refractivity contribution in [2.75, 3.05) is 0 Å². The van der Waals surface area contributed by atoms with Crippen LogP contribution in [0.4, 0.5) is 0 Å². The van der Waals surface area contributed by atoms with E-state index in [1.807, 2.05) is 18.2 Å². The topological polar surface area (TPSA) is 33.1 Å². The van der Waals surface area contributed by atoms with E-state index in [0.29, 0.717) is 16.7 Å². The van der Waals surface area contributed by atoms with Crippen molar-refractivity contribution < 1.29 is 5.11 Å². The summed E-state index contributed by atoms with van der Waals surface area (Å²) in [7, 11) is 0. The van der Waals surface area contributed by atoms with Gasteiger partial charge in [0, 0.05) is 16.3 Å². The molecule has 1 aliphatic carbocycles. The van der Waals surface area contributed by atoms with E-state index in [0.717, 1.165) is 29.4 Å². The van der Waals surface area contributed by atoms with Crippen LogP contribution < -0.4 is 0 Å².